The summed E-state index contributed by atoms with van der Waals surface area (Å²) in [5.74, 6) is -2.96. The zero-order valence-corrected chi connectivity index (χ0v) is 17.1. The van der Waals surface area contributed by atoms with Gasteiger partial charge in [-0.05, 0) is 31.2 Å². The summed E-state index contributed by atoms with van der Waals surface area (Å²) in [7, 11) is 0. The lowest BCUT2D eigenvalue weighted by molar-refractivity contribution is -0.130. The van der Waals surface area contributed by atoms with Crippen LogP contribution in [0.1, 0.15) is 29.3 Å². The van der Waals surface area contributed by atoms with Gasteiger partial charge in [-0.25, -0.2) is 13.6 Å². The van der Waals surface area contributed by atoms with Crippen molar-refractivity contribution in [3.8, 4) is 6.07 Å². The van der Waals surface area contributed by atoms with Crippen molar-refractivity contribution in [2.75, 3.05) is 6.54 Å². The Morgan fingerprint density at radius 2 is 1.94 bits per heavy atom. The van der Waals surface area contributed by atoms with Crippen molar-refractivity contribution in [1.29, 1.82) is 5.26 Å². The maximum atomic E-state index is 14.3. The summed E-state index contributed by atoms with van der Waals surface area (Å²) < 4.78 is 29.8. The van der Waals surface area contributed by atoms with E-state index in [-0.39, 0.29) is 12.0 Å². The van der Waals surface area contributed by atoms with E-state index in [1.54, 1.807) is 35.0 Å². The van der Waals surface area contributed by atoms with Crippen molar-refractivity contribution in [3.63, 3.8) is 0 Å². The molecule has 1 aliphatic heterocycles. The number of nitrogens with zero attached hydrogens (tertiary/aromatic N) is 3. The number of hydrogen-bond donors (Lipinski definition) is 1. The molecule has 0 saturated carbocycles. The van der Waals surface area contributed by atoms with Crippen molar-refractivity contribution >= 4 is 28.6 Å². The van der Waals surface area contributed by atoms with Gasteiger partial charge in [-0.1, -0.05) is 18.2 Å². The number of halogens is 2. The summed E-state index contributed by atoms with van der Waals surface area (Å²) >= 11 is 0. The SMILES string of the molecule is C[C@]1(c2cc(F)ccc2F)NC(=O)N(CC(=O)c2cn(CCC#N)c3ccccc23)C1=O. The maximum Gasteiger partial charge on any atom is 0.325 e. The fraction of sp³-hybridized carbons (Fsp3) is 0.217. The first-order valence-corrected chi connectivity index (χ1v) is 9.84. The number of imide groups is 1. The molecule has 1 fully saturated rings. The van der Waals surface area contributed by atoms with Crippen molar-refractivity contribution in [2.45, 2.75) is 25.4 Å². The van der Waals surface area contributed by atoms with Crippen LogP contribution in [-0.2, 0) is 16.9 Å². The first kappa shape index (κ1) is 21.2. The Kier molecular flexibility index (Phi) is 5.22. The second-order valence-electron chi connectivity index (χ2n) is 7.66. The molecule has 0 bridgehead atoms. The van der Waals surface area contributed by atoms with Crippen LogP contribution in [0.5, 0.6) is 0 Å². The Morgan fingerprint density at radius 1 is 1.19 bits per heavy atom. The number of urea groups is 1. The van der Waals surface area contributed by atoms with Crippen LogP contribution in [-0.4, -0.2) is 33.7 Å². The Morgan fingerprint density at radius 3 is 2.69 bits per heavy atom. The van der Waals surface area contributed by atoms with Crippen molar-refractivity contribution in [3.05, 3.63) is 71.4 Å². The van der Waals surface area contributed by atoms with Gasteiger partial charge in [0.25, 0.3) is 5.91 Å². The minimum atomic E-state index is -1.84. The summed E-state index contributed by atoms with van der Waals surface area (Å²) in [6, 6.07) is 10.9. The Bertz CT molecular complexity index is 1310. The second kappa shape index (κ2) is 7.89. The number of carbonyl (C=O) groups excluding carboxylic acids is 3. The van der Waals surface area contributed by atoms with Gasteiger partial charge < -0.3 is 9.88 Å². The number of amides is 3. The van der Waals surface area contributed by atoms with Gasteiger partial charge in [0.2, 0.25) is 0 Å². The van der Waals surface area contributed by atoms with E-state index in [2.05, 4.69) is 11.4 Å². The molecule has 9 heteroatoms. The average Bonchev–Trinajstić information content (AvgIpc) is 3.25. The van der Waals surface area contributed by atoms with Crippen molar-refractivity contribution < 1.29 is 23.2 Å². The van der Waals surface area contributed by atoms with E-state index in [9.17, 15) is 23.2 Å². The number of fused-ring (bicyclic) bond motifs is 1. The summed E-state index contributed by atoms with van der Waals surface area (Å²) in [6.45, 7) is 1.08. The number of carbonyl (C=O) groups is 3. The number of para-hydroxylation sites is 1. The van der Waals surface area contributed by atoms with Crippen LogP contribution in [0.4, 0.5) is 13.6 Å². The lowest BCUT2D eigenvalue weighted by atomic mass is 9.91. The van der Waals surface area contributed by atoms with E-state index in [1.165, 1.54) is 6.92 Å². The number of hydrogen-bond acceptors (Lipinski definition) is 4. The fourth-order valence-electron chi connectivity index (χ4n) is 3.96. The molecular formula is C23H18F2N4O3. The van der Waals surface area contributed by atoms with Crippen molar-refractivity contribution in [2.24, 2.45) is 0 Å². The highest BCUT2D eigenvalue weighted by molar-refractivity contribution is 6.14. The number of aromatic nitrogens is 1. The van der Waals surface area contributed by atoms with E-state index >= 15 is 0 Å². The minimum absolute atomic E-state index is 0.247. The Balaban J connectivity index is 1.65. The number of benzene rings is 2. The Hall–Kier alpha value is -4.06. The number of nitrogens with one attached hydrogen (secondary N) is 1. The van der Waals surface area contributed by atoms with Gasteiger partial charge in [-0.15, -0.1) is 0 Å². The summed E-state index contributed by atoms with van der Waals surface area (Å²) in [5, 5.41) is 11.9. The molecule has 2 heterocycles. The normalized spacial score (nSPS) is 18.1. The Labute approximate surface area is 181 Å². The highest BCUT2D eigenvalue weighted by Crippen LogP contribution is 2.32. The number of aryl methyl sites for hydroxylation is 1. The van der Waals surface area contributed by atoms with Crippen LogP contribution in [0.2, 0.25) is 0 Å². The zero-order valence-electron chi connectivity index (χ0n) is 17.1. The van der Waals surface area contributed by atoms with E-state index in [0.717, 1.165) is 23.7 Å². The van der Waals surface area contributed by atoms with Crippen LogP contribution >= 0.6 is 0 Å². The molecule has 1 aromatic heterocycles. The van der Waals surface area contributed by atoms with Gasteiger partial charge in [-0.3, -0.25) is 14.5 Å². The van der Waals surface area contributed by atoms with Crippen LogP contribution in [0.3, 0.4) is 0 Å². The summed E-state index contributed by atoms with van der Waals surface area (Å²) in [6.07, 6.45) is 1.84. The van der Waals surface area contributed by atoms with Gasteiger partial charge in [0.1, 0.15) is 17.2 Å². The van der Waals surface area contributed by atoms with Crippen LogP contribution in [0.15, 0.2) is 48.7 Å². The molecule has 7 nitrogen and oxygen atoms in total. The predicted octanol–water partition coefficient (Wildman–Crippen LogP) is 3.48. The van der Waals surface area contributed by atoms with E-state index in [0.29, 0.717) is 22.4 Å². The minimum Gasteiger partial charge on any atom is -0.346 e. The van der Waals surface area contributed by atoms with E-state index < -0.39 is 41.4 Å². The third-order valence-corrected chi connectivity index (χ3v) is 5.60. The third kappa shape index (κ3) is 3.39. The van der Waals surface area contributed by atoms with Gasteiger partial charge in [0.05, 0.1) is 19.0 Å². The fourth-order valence-corrected chi connectivity index (χ4v) is 3.96. The average molecular weight is 436 g/mol. The largest absolute Gasteiger partial charge is 0.346 e. The molecule has 0 unspecified atom stereocenters. The molecule has 0 radical (unpaired) electrons. The van der Waals surface area contributed by atoms with E-state index in [4.69, 9.17) is 5.26 Å². The molecule has 4 rings (SSSR count). The van der Waals surface area contributed by atoms with Gasteiger partial charge >= 0.3 is 6.03 Å². The zero-order chi connectivity index (χ0) is 23.0. The molecule has 1 N–H and O–H groups in total. The molecule has 32 heavy (non-hydrogen) atoms. The molecule has 1 saturated heterocycles. The van der Waals surface area contributed by atoms with E-state index in [1.807, 2.05) is 0 Å². The number of Topliss-reactive ketones (excluding diaryl/α,β-unsaturated/α-hetero) is 1. The van der Waals surface area contributed by atoms with Gasteiger partial charge in [0.15, 0.2) is 5.78 Å². The topological polar surface area (TPSA) is 95.2 Å². The molecule has 162 valence electrons. The smallest absolute Gasteiger partial charge is 0.325 e. The summed E-state index contributed by atoms with van der Waals surface area (Å²) in [5.41, 5.74) is -1.12. The number of rotatable bonds is 6. The van der Waals surface area contributed by atoms with Crippen LogP contribution in [0, 0.1) is 23.0 Å². The highest BCUT2D eigenvalue weighted by Gasteiger charge is 2.51. The maximum absolute atomic E-state index is 14.3. The third-order valence-electron chi connectivity index (χ3n) is 5.60. The molecule has 0 spiro atoms. The predicted molar refractivity (Wildman–Crippen MR) is 110 cm³/mol. The molecule has 1 atom stereocenters. The lowest BCUT2D eigenvalue weighted by Crippen LogP contribution is -2.42. The van der Waals surface area contributed by atoms with Gasteiger partial charge in [0, 0.05) is 34.8 Å². The van der Waals surface area contributed by atoms with Crippen LogP contribution < -0.4 is 5.32 Å². The molecule has 1 aliphatic rings. The highest BCUT2D eigenvalue weighted by atomic mass is 19.1. The second-order valence-corrected chi connectivity index (χ2v) is 7.66. The lowest BCUT2D eigenvalue weighted by Gasteiger charge is -2.22. The summed E-state index contributed by atoms with van der Waals surface area (Å²) in [4.78, 5) is 39.3. The monoisotopic (exact) mass is 436 g/mol. The van der Waals surface area contributed by atoms with Crippen LogP contribution in [0.25, 0.3) is 10.9 Å². The molecular weight excluding hydrogens is 418 g/mol. The standard InChI is InChI=1S/C23H18F2N4O3/c1-23(17-11-14(24)7-8-18(17)25)21(31)29(22(32)27-23)13-20(30)16-12-28(10-4-9-26)19-6-3-2-5-15(16)19/h2-3,5-8,11-12H,4,10,13H2,1H3,(H,27,32)/t23-/m1/s1. The molecule has 2 aromatic carbocycles. The number of nitriles is 1. The molecule has 3 aromatic rings. The quantitative estimate of drug-likeness (QED) is 0.473. The number of ketones is 1. The molecule has 0 aliphatic carbocycles. The molecule has 3 amide bonds. The first-order valence-electron chi connectivity index (χ1n) is 9.84. The first-order chi connectivity index (χ1) is 15.3. The van der Waals surface area contributed by atoms with Crippen molar-refractivity contribution in [1.82, 2.24) is 14.8 Å². The van der Waals surface area contributed by atoms with Gasteiger partial charge in [-0.2, -0.15) is 5.26 Å².